The standard InChI is InChI=1S/C14H24N4O2/c1-4-15-12-7-13(17-14(16-12)10(2)3)18-5-6-20-11(8-18)9-19/h7,10-11,19H,4-6,8-9H2,1-3H3,(H,15,16,17). The zero-order chi connectivity index (χ0) is 14.5. The molecule has 1 fully saturated rings. The quantitative estimate of drug-likeness (QED) is 0.845. The van der Waals surface area contributed by atoms with Crippen LogP contribution < -0.4 is 10.2 Å². The van der Waals surface area contributed by atoms with Gasteiger partial charge in [0.15, 0.2) is 0 Å². The van der Waals surface area contributed by atoms with Crippen molar-refractivity contribution in [3.05, 3.63) is 11.9 Å². The van der Waals surface area contributed by atoms with Gasteiger partial charge in [-0.25, -0.2) is 9.97 Å². The van der Waals surface area contributed by atoms with Crippen LogP contribution in [0.1, 0.15) is 32.5 Å². The summed E-state index contributed by atoms with van der Waals surface area (Å²) in [5.41, 5.74) is 0. The van der Waals surface area contributed by atoms with Crippen LogP contribution in [0.4, 0.5) is 11.6 Å². The SMILES string of the molecule is CCNc1cc(N2CCOC(CO)C2)nc(C(C)C)n1. The number of aliphatic hydroxyl groups excluding tert-OH is 1. The van der Waals surface area contributed by atoms with Crippen LogP contribution in [0, 0.1) is 0 Å². The summed E-state index contributed by atoms with van der Waals surface area (Å²) in [5, 5.41) is 12.5. The summed E-state index contributed by atoms with van der Waals surface area (Å²) >= 11 is 0. The van der Waals surface area contributed by atoms with E-state index in [-0.39, 0.29) is 18.6 Å². The van der Waals surface area contributed by atoms with E-state index in [1.54, 1.807) is 0 Å². The second kappa shape index (κ2) is 6.85. The Kier molecular flexibility index (Phi) is 5.14. The van der Waals surface area contributed by atoms with E-state index in [1.165, 1.54) is 0 Å². The highest BCUT2D eigenvalue weighted by Gasteiger charge is 2.22. The Balaban J connectivity index is 2.24. The van der Waals surface area contributed by atoms with E-state index in [4.69, 9.17) is 4.74 Å². The van der Waals surface area contributed by atoms with Crippen LogP contribution in [-0.4, -0.2) is 54.0 Å². The number of nitrogens with one attached hydrogen (secondary N) is 1. The molecule has 6 nitrogen and oxygen atoms in total. The normalized spacial score (nSPS) is 19.4. The van der Waals surface area contributed by atoms with Gasteiger partial charge in [-0.2, -0.15) is 0 Å². The number of hydrogen-bond acceptors (Lipinski definition) is 6. The number of hydrogen-bond donors (Lipinski definition) is 2. The lowest BCUT2D eigenvalue weighted by atomic mass is 10.2. The molecule has 20 heavy (non-hydrogen) atoms. The van der Waals surface area contributed by atoms with Crippen molar-refractivity contribution in [2.45, 2.75) is 32.8 Å². The predicted octanol–water partition coefficient (Wildman–Crippen LogP) is 1.23. The molecule has 2 rings (SSSR count). The highest BCUT2D eigenvalue weighted by molar-refractivity contribution is 5.50. The summed E-state index contributed by atoms with van der Waals surface area (Å²) in [6.45, 7) is 9.16. The summed E-state index contributed by atoms with van der Waals surface area (Å²) in [6, 6.07) is 1.97. The monoisotopic (exact) mass is 280 g/mol. The van der Waals surface area contributed by atoms with E-state index >= 15 is 0 Å². The largest absolute Gasteiger partial charge is 0.394 e. The lowest BCUT2D eigenvalue weighted by Gasteiger charge is -2.33. The molecular weight excluding hydrogens is 256 g/mol. The molecule has 112 valence electrons. The van der Waals surface area contributed by atoms with Crippen molar-refractivity contribution < 1.29 is 9.84 Å². The minimum Gasteiger partial charge on any atom is -0.394 e. The number of nitrogens with zero attached hydrogens (tertiary/aromatic N) is 3. The molecule has 1 aliphatic rings. The topological polar surface area (TPSA) is 70.5 Å². The van der Waals surface area contributed by atoms with Crippen molar-refractivity contribution in [1.29, 1.82) is 0 Å². The second-order valence-corrected chi connectivity index (χ2v) is 5.28. The highest BCUT2D eigenvalue weighted by atomic mass is 16.5. The Morgan fingerprint density at radius 3 is 2.95 bits per heavy atom. The van der Waals surface area contributed by atoms with Gasteiger partial charge in [0.1, 0.15) is 17.5 Å². The maximum atomic E-state index is 9.24. The van der Waals surface area contributed by atoms with Crippen molar-refractivity contribution in [2.24, 2.45) is 0 Å². The van der Waals surface area contributed by atoms with Crippen LogP contribution in [0.25, 0.3) is 0 Å². The van der Waals surface area contributed by atoms with E-state index in [1.807, 2.05) is 13.0 Å². The number of morpholine rings is 1. The first-order valence-corrected chi connectivity index (χ1v) is 7.24. The van der Waals surface area contributed by atoms with E-state index in [0.717, 1.165) is 30.5 Å². The number of ether oxygens (including phenoxy) is 1. The van der Waals surface area contributed by atoms with Gasteiger partial charge in [-0.15, -0.1) is 0 Å². The zero-order valence-corrected chi connectivity index (χ0v) is 12.5. The van der Waals surface area contributed by atoms with Crippen molar-refractivity contribution >= 4 is 11.6 Å². The number of aliphatic hydroxyl groups is 1. The van der Waals surface area contributed by atoms with Crippen molar-refractivity contribution in [2.75, 3.05) is 43.1 Å². The highest BCUT2D eigenvalue weighted by Crippen LogP contribution is 2.21. The van der Waals surface area contributed by atoms with Gasteiger partial charge in [0.2, 0.25) is 0 Å². The van der Waals surface area contributed by atoms with Gasteiger partial charge >= 0.3 is 0 Å². The average molecular weight is 280 g/mol. The molecule has 0 spiro atoms. The van der Waals surface area contributed by atoms with Gasteiger partial charge in [-0.3, -0.25) is 0 Å². The van der Waals surface area contributed by atoms with E-state index in [0.29, 0.717) is 13.2 Å². The number of aromatic nitrogens is 2. The lowest BCUT2D eigenvalue weighted by molar-refractivity contribution is 0.00335. The van der Waals surface area contributed by atoms with Crippen molar-refractivity contribution in [3.8, 4) is 0 Å². The molecule has 0 amide bonds. The molecule has 0 bridgehead atoms. The first-order valence-electron chi connectivity index (χ1n) is 7.24. The minimum atomic E-state index is -0.135. The molecule has 1 aliphatic heterocycles. The van der Waals surface area contributed by atoms with Crippen molar-refractivity contribution in [1.82, 2.24) is 9.97 Å². The number of anilines is 2. The second-order valence-electron chi connectivity index (χ2n) is 5.28. The Labute approximate surface area is 120 Å². The molecule has 1 atom stereocenters. The summed E-state index contributed by atoms with van der Waals surface area (Å²) in [4.78, 5) is 11.3. The fourth-order valence-corrected chi connectivity index (χ4v) is 2.18. The summed E-state index contributed by atoms with van der Waals surface area (Å²) in [6.07, 6.45) is -0.135. The van der Waals surface area contributed by atoms with E-state index < -0.39 is 0 Å². The number of rotatable bonds is 5. The molecule has 2 heterocycles. The molecular formula is C14H24N4O2. The molecule has 2 N–H and O–H groups in total. The van der Waals surface area contributed by atoms with Crippen LogP contribution in [0.3, 0.4) is 0 Å². The van der Waals surface area contributed by atoms with Crippen LogP contribution in [0.15, 0.2) is 6.07 Å². The van der Waals surface area contributed by atoms with Gasteiger partial charge in [0, 0.05) is 31.6 Å². The van der Waals surface area contributed by atoms with Gasteiger partial charge in [-0.05, 0) is 6.92 Å². The first kappa shape index (κ1) is 15.0. The third-order valence-corrected chi connectivity index (χ3v) is 3.27. The summed E-state index contributed by atoms with van der Waals surface area (Å²) < 4.78 is 5.48. The minimum absolute atomic E-state index is 0.0404. The molecule has 1 saturated heterocycles. The Hall–Kier alpha value is -1.40. The van der Waals surface area contributed by atoms with Crippen molar-refractivity contribution in [3.63, 3.8) is 0 Å². The fraction of sp³-hybridized carbons (Fsp3) is 0.714. The molecule has 6 heteroatoms. The smallest absolute Gasteiger partial charge is 0.135 e. The van der Waals surface area contributed by atoms with Crippen LogP contribution >= 0.6 is 0 Å². The zero-order valence-electron chi connectivity index (χ0n) is 12.5. The summed E-state index contributed by atoms with van der Waals surface area (Å²) in [5.74, 6) is 2.88. The molecule has 0 radical (unpaired) electrons. The third-order valence-electron chi connectivity index (χ3n) is 3.27. The fourth-order valence-electron chi connectivity index (χ4n) is 2.18. The Morgan fingerprint density at radius 1 is 1.50 bits per heavy atom. The van der Waals surface area contributed by atoms with Gasteiger partial charge in [-0.1, -0.05) is 13.8 Å². The summed E-state index contributed by atoms with van der Waals surface area (Å²) in [7, 11) is 0. The van der Waals surface area contributed by atoms with Crippen LogP contribution in [-0.2, 0) is 4.74 Å². The van der Waals surface area contributed by atoms with E-state index in [2.05, 4.69) is 34.0 Å². The maximum Gasteiger partial charge on any atom is 0.135 e. The Bertz CT molecular complexity index is 439. The maximum absolute atomic E-state index is 9.24. The van der Waals surface area contributed by atoms with Gasteiger partial charge in [0.05, 0.1) is 19.3 Å². The molecule has 0 saturated carbocycles. The molecule has 1 aromatic rings. The van der Waals surface area contributed by atoms with Gasteiger partial charge < -0.3 is 20.1 Å². The first-order chi connectivity index (χ1) is 9.63. The third kappa shape index (κ3) is 3.58. The lowest BCUT2D eigenvalue weighted by Crippen LogP contribution is -2.44. The van der Waals surface area contributed by atoms with Crippen LogP contribution in [0.2, 0.25) is 0 Å². The van der Waals surface area contributed by atoms with E-state index in [9.17, 15) is 5.11 Å². The molecule has 1 unspecified atom stereocenters. The van der Waals surface area contributed by atoms with Crippen LogP contribution in [0.5, 0.6) is 0 Å². The predicted molar refractivity (Wildman–Crippen MR) is 79.3 cm³/mol. The molecule has 0 aliphatic carbocycles. The average Bonchev–Trinajstić information content (AvgIpc) is 2.47. The Morgan fingerprint density at radius 2 is 2.30 bits per heavy atom. The van der Waals surface area contributed by atoms with Gasteiger partial charge in [0.25, 0.3) is 0 Å². The molecule has 0 aromatic carbocycles. The molecule has 1 aromatic heterocycles.